The number of rotatable bonds is 27. The molecule has 1 saturated heterocycles. The van der Waals surface area contributed by atoms with Crippen LogP contribution in [-0.4, -0.2) is 197 Å². The molecular weight excluding hydrogens is 987 g/mol. The Kier molecular flexibility index (Phi) is 29.3. The number of hydrogen-bond acceptors (Lipinski definition) is 13. The molecule has 0 unspecified atom stereocenters. The minimum Gasteiger partial charge on any atom is -0.480 e. The Balaban J connectivity index is 0.0000198. The van der Waals surface area contributed by atoms with Gasteiger partial charge in [-0.25, -0.2) is 9.59 Å². The van der Waals surface area contributed by atoms with Crippen molar-refractivity contribution in [2.75, 3.05) is 91.6 Å². The average molecular weight is 1050 g/mol. The molecule has 1 heterocycles. The van der Waals surface area contributed by atoms with Gasteiger partial charge in [-0.05, 0) is 44.6 Å². The second-order valence-electron chi connectivity index (χ2n) is 15.4. The first-order chi connectivity index (χ1) is 29.6. The van der Waals surface area contributed by atoms with Crippen molar-refractivity contribution in [3.8, 4) is 0 Å². The van der Waals surface area contributed by atoms with Crippen LogP contribution in [0.4, 0.5) is 4.79 Å². The molecule has 1 fully saturated rings. The average Bonchev–Trinajstić information content (AvgIpc) is 3.19. The Morgan fingerprint density at radius 3 is 1.68 bits per heavy atom. The first-order valence-electron chi connectivity index (χ1n) is 21.1. The zero-order valence-electron chi connectivity index (χ0n) is 36.3. The van der Waals surface area contributed by atoms with E-state index in [1.807, 2.05) is 36.1 Å². The number of carbonyl (C=O) groups is 8. The van der Waals surface area contributed by atoms with Crippen molar-refractivity contribution in [3.05, 3.63) is 35.4 Å². The summed E-state index contributed by atoms with van der Waals surface area (Å²) < 4.78 is 5.01. The molecule has 4 amide bonds. The zero-order chi connectivity index (χ0) is 45.9. The predicted molar refractivity (Wildman–Crippen MR) is 225 cm³/mol. The molecule has 0 bridgehead atoms. The Bertz CT molecular complexity index is 1560. The molecule has 0 aliphatic carbocycles. The monoisotopic (exact) mass is 1050 g/mol. The minimum atomic E-state index is -1.17. The number of nitrogens with zero attached hydrogens (tertiary/aromatic N) is 5. The number of nitrogens with one attached hydrogen (secondary N) is 3. The second kappa shape index (κ2) is 32.5. The van der Waals surface area contributed by atoms with Crippen molar-refractivity contribution in [2.45, 2.75) is 84.0 Å². The molecule has 360 valence electrons. The molecule has 0 saturated carbocycles. The first-order valence-corrected chi connectivity index (χ1v) is 21.1. The summed E-state index contributed by atoms with van der Waals surface area (Å²) in [7, 11) is 0. The van der Waals surface area contributed by atoms with Crippen LogP contribution >= 0.6 is 0 Å². The van der Waals surface area contributed by atoms with Crippen LogP contribution in [0, 0.1) is 43.8 Å². The van der Waals surface area contributed by atoms with Crippen molar-refractivity contribution in [3.63, 3.8) is 0 Å². The molecule has 0 aromatic heterocycles. The Morgan fingerprint density at radius 2 is 1.22 bits per heavy atom. The molecule has 1 aromatic rings. The number of carbonyl (C=O) groups excluding carboxylic acids is 4. The maximum Gasteiger partial charge on any atom is 3.00 e. The van der Waals surface area contributed by atoms with Crippen LogP contribution in [0.1, 0.15) is 69.4 Å². The SMILES string of the molecule is CCC[C@@H](NC(=O)N[C@H](CCCCN(Cc1ccc(C)cc1)C(=O)CCCCNC(=O)CN1CCN(CC(=O)O)CCN(CC(=O)O)CCN(CC(=O)O)CC1)OC=O)C(=O)O.[Lu+3]. The molecule has 21 nitrogen and oxygen atoms in total. The quantitative estimate of drug-likeness (QED) is 0.0355. The van der Waals surface area contributed by atoms with Gasteiger partial charge in [-0.15, -0.1) is 0 Å². The maximum absolute atomic E-state index is 13.5. The van der Waals surface area contributed by atoms with Crippen LogP contribution in [0.3, 0.4) is 0 Å². The summed E-state index contributed by atoms with van der Waals surface area (Å²) in [5.74, 6) is -4.66. The van der Waals surface area contributed by atoms with Gasteiger partial charge in [0.1, 0.15) is 6.04 Å². The molecule has 22 heteroatoms. The minimum absolute atomic E-state index is 0. The van der Waals surface area contributed by atoms with E-state index in [1.165, 1.54) is 0 Å². The van der Waals surface area contributed by atoms with Gasteiger partial charge in [0.25, 0.3) is 6.47 Å². The molecular formula is C41H66LuN8O13+3. The number of hydrogen-bond donors (Lipinski definition) is 7. The van der Waals surface area contributed by atoms with Crippen molar-refractivity contribution in [1.82, 2.24) is 40.4 Å². The summed E-state index contributed by atoms with van der Waals surface area (Å²) in [6.07, 6.45) is 2.22. The fraction of sp³-hybridized carbons (Fsp3) is 0.659. The largest absolute Gasteiger partial charge is 3.00 e. The van der Waals surface area contributed by atoms with Crippen LogP contribution in [-0.2, 0) is 44.8 Å². The van der Waals surface area contributed by atoms with Crippen LogP contribution in [0.5, 0.6) is 0 Å². The second-order valence-corrected chi connectivity index (χ2v) is 15.4. The number of urea groups is 1. The Hall–Kier alpha value is -4.15. The van der Waals surface area contributed by atoms with Gasteiger partial charge in [-0.1, -0.05) is 43.2 Å². The van der Waals surface area contributed by atoms with E-state index in [2.05, 4.69) is 16.0 Å². The van der Waals surface area contributed by atoms with Crippen molar-refractivity contribution >= 4 is 48.2 Å². The number of benzene rings is 1. The van der Waals surface area contributed by atoms with Crippen LogP contribution in [0.2, 0.25) is 0 Å². The number of carboxylic acids is 4. The van der Waals surface area contributed by atoms with Crippen LogP contribution in [0.15, 0.2) is 24.3 Å². The third kappa shape index (κ3) is 26.3. The first kappa shape index (κ1) is 56.9. The smallest absolute Gasteiger partial charge is 0.480 e. The summed E-state index contributed by atoms with van der Waals surface area (Å²) in [5.41, 5.74) is 2.01. The summed E-state index contributed by atoms with van der Waals surface area (Å²) in [4.78, 5) is 105. The molecule has 0 radical (unpaired) electrons. The Morgan fingerprint density at radius 1 is 0.714 bits per heavy atom. The van der Waals surface area contributed by atoms with E-state index in [0.717, 1.165) is 11.1 Å². The van der Waals surface area contributed by atoms with Gasteiger partial charge in [-0.3, -0.25) is 48.4 Å². The maximum atomic E-state index is 13.5. The molecule has 1 aliphatic rings. The van der Waals surface area contributed by atoms with E-state index in [9.17, 15) is 58.8 Å². The number of carboxylic acid groups (broad SMARTS) is 4. The van der Waals surface area contributed by atoms with E-state index in [4.69, 9.17) is 4.74 Å². The number of unbranched alkanes of at least 4 members (excludes halogenated alkanes) is 2. The van der Waals surface area contributed by atoms with Crippen molar-refractivity contribution < 1.29 is 100 Å². The van der Waals surface area contributed by atoms with Crippen molar-refractivity contribution in [1.29, 1.82) is 0 Å². The fourth-order valence-electron chi connectivity index (χ4n) is 6.80. The summed E-state index contributed by atoms with van der Waals surface area (Å²) >= 11 is 0. The van der Waals surface area contributed by atoms with Gasteiger partial charge in [0.15, 0.2) is 6.23 Å². The van der Waals surface area contributed by atoms with Gasteiger partial charge in [-0.2, -0.15) is 0 Å². The molecule has 0 spiro atoms. The molecule has 2 rings (SSSR count). The molecule has 63 heavy (non-hydrogen) atoms. The molecule has 1 aromatic carbocycles. The van der Waals surface area contributed by atoms with Gasteiger partial charge >= 0.3 is 66.8 Å². The Labute approximate surface area is 398 Å². The number of aryl methyl sites for hydroxylation is 1. The topological polar surface area (TPSA) is 279 Å². The van der Waals surface area contributed by atoms with Gasteiger partial charge in [0.05, 0.1) is 26.2 Å². The van der Waals surface area contributed by atoms with Gasteiger partial charge in [0.2, 0.25) is 11.8 Å². The van der Waals surface area contributed by atoms with E-state index >= 15 is 0 Å². The van der Waals surface area contributed by atoms with Gasteiger partial charge in [0, 0.05) is 84.8 Å². The van der Waals surface area contributed by atoms with E-state index < -0.39 is 42.2 Å². The van der Waals surface area contributed by atoms with Crippen LogP contribution in [0.25, 0.3) is 0 Å². The molecule has 2 atom stereocenters. The zero-order valence-corrected chi connectivity index (χ0v) is 37.9. The van der Waals surface area contributed by atoms with Crippen LogP contribution < -0.4 is 16.0 Å². The molecule has 7 N–H and O–H groups in total. The molecule has 1 aliphatic heterocycles. The predicted octanol–water partition coefficient (Wildman–Crippen LogP) is 0.307. The summed E-state index contributed by atoms with van der Waals surface area (Å²) in [5, 5.41) is 45.4. The van der Waals surface area contributed by atoms with E-state index in [1.54, 1.807) is 26.5 Å². The summed E-state index contributed by atoms with van der Waals surface area (Å²) in [6.45, 7) is 6.47. The fourth-order valence-corrected chi connectivity index (χ4v) is 6.80. The number of amides is 4. The summed E-state index contributed by atoms with van der Waals surface area (Å²) in [6, 6.07) is 5.96. The number of ether oxygens (including phenoxy) is 1. The van der Waals surface area contributed by atoms with Gasteiger partial charge < -0.3 is 46.0 Å². The standard InChI is InChI=1S/C41H66N8O13.Lu/c1-3-8-33(40(59)60)43-41(61)44-35(62-30-50)9-5-7-16-49(25-32-13-11-31(2)12-14-32)36(52)10-4-6-15-42-34(51)26-45-17-19-46(27-37(53)54)21-23-48(29-39(57)58)24-22-47(20-18-45)28-38(55)56;/h11-14,30,33,35H,3-10,15-29H2,1-2H3,(H,42,51)(H,53,54)(H,55,56)(H,57,58)(H,59,60)(H2,43,44,61);/q;+3/t33-,35+;/m1./s1. The van der Waals surface area contributed by atoms with E-state index in [0.29, 0.717) is 64.8 Å². The number of aliphatic carboxylic acids is 4. The van der Waals surface area contributed by atoms with Crippen molar-refractivity contribution in [2.24, 2.45) is 0 Å². The van der Waals surface area contributed by atoms with E-state index in [-0.39, 0.29) is 140 Å². The normalized spacial score (nSPS) is 15.5. The third-order valence-electron chi connectivity index (χ3n) is 10.2. The third-order valence-corrected chi connectivity index (χ3v) is 10.2.